The summed E-state index contributed by atoms with van der Waals surface area (Å²) < 4.78 is 11.5. The number of carbonyl (C=O) groups excluding carboxylic acids is 2. The number of nitrogens with zero attached hydrogens (tertiary/aromatic N) is 3. The van der Waals surface area contributed by atoms with Crippen molar-refractivity contribution >= 4 is 29.0 Å². The Balaban J connectivity index is 1.71. The van der Waals surface area contributed by atoms with Crippen molar-refractivity contribution in [3.8, 4) is 5.13 Å². The molecule has 3 heterocycles. The van der Waals surface area contributed by atoms with Crippen LogP contribution in [0.15, 0.2) is 34.2 Å². The van der Waals surface area contributed by atoms with Gasteiger partial charge in [0.15, 0.2) is 11.7 Å². The van der Waals surface area contributed by atoms with E-state index in [-0.39, 0.29) is 5.76 Å². The zero-order valence-corrected chi connectivity index (χ0v) is 14.6. The Kier molecular flexibility index (Phi) is 4.67. The molecule has 0 aliphatic heterocycles. The summed E-state index contributed by atoms with van der Waals surface area (Å²) in [6, 6.07) is 3.87. The maximum absolute atomic E-state index is 12.4. The van der Waals surface area contributed by atoms with Crippen LogP contribution in [0, 0.1) is 24.0 Å². The molecule has 134 valence electrons. The molecule has 9 nitrogen and oxygen atoms in total. The second kappa shape index (κ2) is 6.92. The Morgan fingerprint density at radius 3 is 2.77 bits per heavy atom. The van der Waals surface area contributed by atoms with Crippen LogP contribution in [0.3, 0.4) is 0 Å². The second-order valence-electron chi connectivity index (χ2n) is 5.33. The van der Waals surface area contributed by atoms with E-state index in [9.17, 15) is 19.7 Å². The third-order valence-corrected chi connectivity index (χ3v) is 4.41. The molecule has 0 aliphatic carbocycles. The van der Waals surface area contributed by atoms with Gasteiger partial charge in [0.1, 0.15) is 4.92 Å². The number of hydrogen-bond donors (Lipinski definition) is 0. The maximum Gasteiger partial charge on any atom is 0.433 e. The summed E-state index contributed by atoms with van der Waals surface area (Å²) in [6.07, 6.45) is 1.67. The van der Waals surface area contributed by atoms with Crippen molar-refractivity contribution in [2.75, 3.05) is 6.61 Å². The first-order chi connectivity index (χ1) is 12.4. The van der Waals surface area contributed by atoms with E-state index in [2.05, 4.69) is 4.98 Å². The van der Waals surface area contributed by atoms with Crippen molar-refractivity contribution in [1.82, 2.24) is 9.55 Å². The van der Waals surface area contributed by atoms with Gasteiger partial charge in [0.2, 0.25) is 11.5 Å². The van der Waals surface area contributed by atoms with Crippen molar-refractivity contribution in [2.45, 2.75) is 13.8 Å². The molecule has 26 heavy (non-hydrogen) atoms. The van der Waals surface area contributed by atoms with Crippen LogP contribution in [0.4, 0.5) is 5.88 Å². The molecular formula is C16H13N3O6S. The highest BCUT2D eigenvalue weighted by Gasteiger charge is 2.22. The number of rotatable bonds is 6. The van der Waals surface area contributed by atoms with E-state index in [1.807, 2.05) is 16.9 Å². The summed E-state index contributed by atoms with van der Waals surface area (Å²) in [6.45, 7) is 3.12. The molecule has 3 aromatic rings. The van der Waals surface area contributed by atoms with Crippen LogP contribution in [0.25, 0.3) is 5.13 Å². The van der Waals surface area contributed by atoms with Gasteiger partial charge in [0.05, 0.1) is 6.07 Å². The number of aryl methyl sites for hydroxylation is 1. The highest BCUT2D eigenvalue weighted by atomic mass is 32.1. The van der Waals surface area contributed by atoms with Crippen molar-refractivity contribution in [2.24, 2.45) is 0 Å². The van der Waals surface area contributed by atoms with E-state index in [1.165, 1.54) is 11.3 Å². The first-order valence-electron chi connectivity index (χ1n) is 7.42. The lowest BCUT2D eigenvalue weighted by Gasteiger charge is -2.05. The fraction of sp³-hybridized carbons (Fsp3) is 0.188. The van der Waals surface area contributed by atoms with Gasteiger partial charge in [-0.15, -0.1) is 11.3 Å². The Hall–Kier alpha value is -3.27. The first kappa shape index (κ1) is 17.5. The minimum Gasteiger partial charge on any atom is -0.451 e. The molecular weight excluding hydrogens is 362 g/mol. The van der Waals surface area contributed by atoms with Gasteiger partial charge >= 0.3 is 11.9 Å². The average Bonchev–Trinajstić information content (AvgIpc) is 3.32. The van der Waals surface area contributed by atoms with E-state index in [0.29, 0.717) is 11.3 Å². The zero-order chi connectivity index (χ0) is 18.8. The van der Waals surface area contributed by atoms with Crippen LogP contribution in [-0.2, 0) is 4.74 Å². The molecule has 0 unspecified atom stereocenters. The Morgan fingerprint density at radius 1 is 1.38 bits per heavy atom. The standard InChI is InChI=1S/C16H13N3O6S/c1-9-7-11(10(2)18(9)16-17-5-6-26-16)12(20)8-24-15(21)13-3-4-14(25-13)19(22)23/h3-7H,8H2,1-2H3. The van der Waals surface area contributed by atoms with Gasteiger partial charge in [-0.25, -0.2) is 9.78 Å². The van der Waals surface area contributed by atoms with Crippen LogP contribution >= 0.6 is 11.3 Å². The van der Waals surface area contributed by atoms with E-state index in [0.717, 1.165) is 23.0 Å². The molecule has 3 aromatic heterocycles. The molecule has 0 N–H and O–H groups in total. The monoisotopic (exact) mass is 375 g/mol. The second-order valence-corrected chi connectivity index (χ2v) is 6.20. The topological polar surface area (TPSA) is 117 Å². The molecule has 0 saturated carbocycles. The van der Waals surface area contributed by atoms with Gasteiger partial charge in [-0.1, -0.05) is 0 Å². The van der Waals surface area contributed by atoms with E-state index >= 15 is 0 Å². The molecule has 3 rings (SSSR count). The van der Waals surface area contributed by atoms with Gasteiger partial charge in [0.25, 0.3) is 0 Å². The highest BCUT2D eigenvalue weighted by Crippen LogP contribution is 2.23. The number of carbonyl (C=O) groups is 2. The third-order valence-electron chi connectivity index (χ3n) is 3.65. The maximum atomic E-state index is 12.4. The molecule has 0 amide bonds. The zero-order valence-electron chi connectivity index (χ0n) is 13.8. The first-order valence-corrected chi connectivity index (χ1v) is 8.30. The highest BCUT2D eigenvalue weighted by molar-refractivity contribution is 7.12. The quantitative estimate of drug-likeness (QED) is 0.281. The fourth-order valence-corrected chi connectivity index (χ4v) is 3.23. The molecule has 10 heteroatoms. The number of nitro groups is 1. The molecule has 0 bridgehead atoms. The minimum absolute atomic E-state index is 0.335. The number of aromatic nitrogens is 2. The smallest absolute Gasteiger partial charge is 0.433 e. The van der Waals surface area contributed by atoms with E-state index < -0.39 is 29.2 Å². The molecule has 0 spiro atoms. The fourth-order valence-electron chi connectivity index (χ4n) is 2.48. The van der Waals surface area contributed by atoms with Gasteiger partial charge in [-0.2, -0.15) is 0 Å². The number of hydrogen-bond acceptors (Lipinski definition) is 8. The SMILES string of the molecule is Cc1cc(C(=O)COC(=O)c2ccc([N+](=O)[O-])o2)c(C)n1-c1nccs1. The summed E-state index contributed by atoms with van der Waals surface area (Å²) in [5.74, 6) is -2.25. The Labute approximate surface area is 151 Å². The average molecular weight is 375 g/mol. The minimum atomic E-state index is -0.944. The van der Waals surface area contributed by atoms with Crippen LogP contribution in [0.1, 0.15) is 32.3 Å². The molecule has 0 fully saturated rings. The van der Waals surface area contributed by atoms with Gasteiger partial charge < -0.3 is 9.15 Å². The number of thiazole rings is 1. The van der Waals surface area contributed by atoms with Crippen molar-refractivity contribution < 1.29 is 23.7 Å². The van der Waals surface area contributed by atoms with Crippen LogP contribution in [0.5, 0.6) is 0 Å². The molecule has 0 saturated heterocycles. The lowest BCUT2D eigenvalue weighted by Crippen LogP contribution is -2.14. The number of ketones is 1. The van der Waals surface area contributed by atoms with E-state index in [1.54, 1.807) is 19.2 Å². The lowest BCUT2D eigenvalue weighted by atomic mass is 10.1. The van der Waals surface area contributed by atoms with Gasteiger partial charge in [0, 0.05) is 28.5 Å². The summed E-state index contributed by atoms with van der Waals surface area (Å²) in [5.41, 5.74) is 1.93. The molecule has 0 aliphatic rings. The number of furan rings is 1. The summed E-state index contributed by atoms with van der Waals surface area (Å²) in [7, 11) is 0. The summed E-state index contributed by atoms with van der Waals surface area (Å²) in [4.78, 5) is 38.3. The van der Waals surface area contributed by atoms with Crippen LogP contribution in [-0.4, -0.2) is 32.8 Å². The van der Waals surface area contributed by atoms with Crippen molar-refractivity contribution in [3.63, 3.8) is 0 Å². The number of Topliss-reactive ketones (excluding diaryl/α,β-unsaturated/α-hetero) is 1. The van der Waals surface area contributed by atoms with Crippen molar-refractivity contribution in [3.05, 3.63) is 62.6 Å². The van der Waals surface area contributed by atoms with Crippen molar-refractivity contribution in [1.29, 1.82) is 0 Å². The number of ether oxygens (including phenoxy) is 1. The lowest BCUT2D eigenvalue weighted by molar-refractivity contribution is -0.402. The largest absolute Gasteiger partial charge is 0.451 e. The van der Waals surface area contributed by atoms with Gasteiger partial charge in [-0.05, 0) is 26.0 Å². The predicted octanol–water partition coefficient (Wildman–Crippen LogP) is 3.09. The van der Waals surface area contributed by atoms with E-state index in [4.69, 9.17) is 9.15 Å². The summed E-state index contributed by atoms with van der Waals surface area (Å²) >= 11 is 1.44. The van der Waals surface area contributed by atoms with Crippen LogP contribution < -0.4 is 0 Å². The molecule has 0 aromatic carbocycles. The summed E-state index contributed by atoms with van der Waals surface area (Å²) in [5, 5.41) is 13.1. The normalized spacial score (nSPS) is 10.7. The number of esters is 1. The third kappa shape index (κ3) is 3.26. The predicted molar refractivity (Wildman–Crippen MR) is 90.9 cm³/mol. The van der Waals surface area contributed by atoms with Crippen LogP contribution in [0.2, 0.25) is 0 Å². The molecule has 0 atom stereocenters. The Bertz CT molecular complexity index is 986. The Morgan fingerprint density at radius 2 is 2.15 bits per heavy atom. The molecule has 0 radical (unpaired) electrons. The van der Waals surface area contributed by atoms with Gasteiger partial charge in [-0.3, -0.25) is 19.5 Å².